The summed E-state index contributed by atoms with van der Waals surface area (Å²) in [6.45, 7) is 9.39. The Morgan fingerprint density at radius 1 is 0.886 bits per heavy atom. The average Bonchev–Trinajstić information content (AvgIpc) is 2.87. The molecule has 2 aliphatic heterocycles. The van der Waals surface area contributed by atoms with E-state index in [2.05, 4.69) is 43.0 Å². The Morgan fingerprint density at radius 3 is 2.11 bits per heavy atom. The maximum Gasteiger partial charge on any atom is 0.127 e. The normalized spacial score (nSPS) is 28.5. The van der Waals surface area contributed by atoms with Crippen LogP contribution in [0.5, 0.6) is 0 Å². The summed E-state index contributed by atoms with van der Waals surface area (Å²) in [4.78, 5) is 0. The maximum atomic E-state index is 6.59. The summed E-state index contributed by atoms with van der Waals surface area (Å²) < 4.78 is 31.7. The van der Waals surface area contributed by atoms with Gasteiger partial charge in [-0.15, -0.1) is 0 Å². The summed E-state index contributed by atoms with van der Waals surface area (Å²) in [5.41, 5.74) is 2.29. The lowest BCUT2D eigenvalue weighted by Crippen LogP contribution is -2.57. The molecule has 35 heavy (non-hydrogen) atoms. The van der Waals surface area contributed by atoms with Gasteiger partial charge in [-0.1, -0.05) is 79.4 Å². The zero-order valence-electron chi connectivity index (χ0n) is 20.9. The van der Waals surface area contributed by atoms with Crippen LogP contribution >= 0.6 is 0 Å². The molecular formula is C30H38O5. The summed E-state index contributed by atoms with van der Waals surface area (Å²) in [7, 11) is 0. The zero-order chi connectivity index (χ0) is 24.5. The van der Waals surface area contributed by atoms with E-state index >= 15 is 0 Å². The summed E-state index contributed by atoms with van der Waals surface area (Å²) in [6.07, 6.45) is 6.00. The largest absolute Gasteiger partial charge is 0.493 e. The Kier molecular flexibility index (Phi) is 9.55. The minimum absolute atomic E-state index is 0.0339. The molecule has 5 nitrogen and oxygen atoms in total. The van der Waals surface area contributed by atoms with E-state index in [0.29, 0.717) is 25.6 Å². The van der Waals surface area contributed by atoms with Gasteiger partial charge in [-0.05, 0) is 31.4 Å². The molecule has 0 radical (unpaired) electrons. The highest BCUT2D eigenvalue weighted by Crippen LogP contribution is 2.36. The van der Waals surface area contributed by atoms with Gasteiger partial charge in [0, 0.05) is 12.8 Å². The standard InChI is InChI=1S/C30H38O5/c1-4-5-16-25-27(33-22(2)3)18-29-28(34-25)17-26(32-20-24-14-10-7-11-15-24)30(35-29)21-31-19-23-12-8-6-9-13-23/h4-15,25-30H,2,16-21H2,1,3H3/b5-4-/t25?,26-,27?,28+,29-,30+/m0/s1. The van der Waals surface area contributed by atoms with E-state index in [1.165, 1.54) is 0 Å². The molecule has 6 atom stereocenters. The summed E-state index contributed by atoms with van der Waals surface area (Å²) >= 11 is 0. The number of rotatable bonds is 11. The van der Waals surface area contributed by atoms with Crippen LogP contribution in [0.15, 0.2) is 85.2 Å². The van der Waals surface area contributed by atoms with E-state index in [1.54, 1.807) is 0 Å². The van der Waals surface area contributed by atoms with Crippen LogP contribution in [0.25, 0.3) is 0 Å². The fourth-order valence-corrected chi connectivity index (χ4v) is 4.80. The topological polar surface area (TPSA) is 46.2 Å². The van der Waals surface area contributed by atoms with Crippen molar-refractivity contribution in [1.29, 1.82) is 0 Å². The van der Waals surface area contributed by atoms with Gasteiger partial charge in [0.25, 0.3) is 0 Å². The van der Waals surface area contributed by atoms with E-state index in [1.807, 2.05) is 50.2 Å². The number of hydrogen-bond acceptors (Lipinski definition) is 5. The first-order chi connectivity index (χ1) is 17.1. The molecule has 0 aromatic heterocycles. The number of fused-ring (bicyclic) bond motifs is 1. The second-order valence-corrected chi connectivity index (χ2v) is 9.40. The third-order valence-corrected chi connectivity index (χ3v) is 6.53. The zero-order valence-corrected chi connectivity index (χ0v) is 20.9. The molecule has 2 saturated heterocycles. The van der Waals surface area contributed by atoms with E-state index in [0.717, 1.165) is 30.4 Å². The smallest absolute Gasteiger partial charge is 0.127 e. The van der Waals surface area contributed by atoms with Crippen molar-refractivity contribution in [2.75, 3.05) is 6.61 Å². The van der Waals surface area contributed by atoms with Gasteiger partial charge >= 0.3 is 0 Å². The van der Waals surface area contributed by atoms with Gasteiger partial charge in [-0.25, -0.2) is 0 Å². The predicted octanol–water partition coefficient (Wildman–Crippen LogP) is 5.99. The Balaban J connectivity index is 1.43. The maximum absolute atomic E-state index is 6.59. The molecule has 0 aliphatic carbocycles. The van der Waals surface area contributed by atoms with Gasteiger partial charge in [0.05, 0.1) is 50.0 Å². The average molecular weight is 479 g/mol. The lowest BCUT2D eigenvalue weighted by Gasteiger charge is -2.47. The fraction of sp³-hybridized carbons (Fsp3) is 0.467. The van der Waals surface area contributed by atoms with Crippen LogP contribution in [0.4, 0.5) is 0 Å². The first kappa shape index (κ1) is 25.6. The SMILES string of the molecule is C=C(C)OC1C[C@@H]2O[C@H](COCc3ccccc3)[C@@H](OCc3ccccc3)C[C@H]2OC1C/C=C\C. The second-order valence-electron chi connectivity index (χ2n) is 9.40. The quantitative estimate of drug-likeness (QED) is 0.293. The van der Waals surface area contributed by atoms with Crippen molar-refractivity contribution >= 4 is 0 Å². The van der Waals surface area contributed by atoms with Crippen LogP contribution in [0, 0.1) is 0 Å². The molecule has 0 bridgehead atoms. The molecule has 0 spiro atoms. The van der Waals surface area contributed by atoms with Crippen LogP contribution in [0.2, 0.25) is 0 Å². The number of allylic oxidation sites excluding steroid dienone is 2. The van der Waals surface area contributed by atoms with Crippen molar-refractivity contribution in [1.82, 2.24) is 0 Å². The highest BCUT2D eigenvalue weighted by atomic mass is 16.6. The lowest BCUT2D eigenvalue weighted by molar-refractivity contribution is -0.259. The minimum Gasteiger partial charge on any atom is -0.493 e. The molecule has 0 saturated carbocycles. The van der Waals surface area contributed by atoms with Crippen LogP contribution in [-0.2, 0) is 36.9 Å². The molecular weight excluding hydrogens is 440 g/mol. The minimum atomic E-state index is -0.176. The van der Waals surface area contributed by atoms with Crippen molar-refractivity contribution in [3.8, 4) is 0 Å². The Bertz CT molecular complexity index is 928. The molecule has 0 N–H and O–H groups in total. The monoisotopic (exact) mass is 478 g/mol. The van der Waals surface area contributed by atoms with E-state index < -0.39 is 0 Å². The first-order valence-electron chi connectivity index (χ1n) is 12.6. The molecule has 2 unspecified atom stereocenters. The number of hydrogen-bond donors (Lipinski definition) is 0. The fourth-order valence-electron chi connectivity index (χ4n) is 4.80. The van der Waals surface area contributed by atoms with Crippen LogP contribution in [0.1, 0.15) is 44.2 Å². The van der Waals surface area contributed by atoms with Crippen LogP contribution in [0.3, 0.4) is 0 Å². The summed E-state index contributed by atoms with van der Waals surface area (Å²) in [6, 6.07) is 20.4. The summed E-state index contributed by atoms with van der Waals surface area (Å²) in [5, 5.41) is 0. The van der Waals surface area contributed by atoms with Crippen molar-refractivity contribution in [2.45, 2.75) is 82.9 Å². The second kappa shape index (κ2) is 13.0. The lowest BCUT2D eigenvalue weighted by atomic mass is 9.89. The van der Waals surface area contributed by atoms with E-state index in [9.17, 15) is 0 Å². The number of ether oxygens (including phenoxy) is 5. The highest BCUT2D eigenvalue weighted by Gasteiger charge is 2.46. The molecule has 2 aliphatic rings. The van der Waals surface area contributed by atoms with Gasteiger partial charge in [-0.2, -0.15) is 0 Å². The van der Waals surface area contributed by atoms with Gasteiger partial charge in [0.1, 0.15) is 12.2 Å². The third-order valence-electron chi connectivity index (χ3n) is 6.53. The third kappa shape index (κ3) is 7.52. The molecule has 0 amide bonds. The Labute approximate surface area is 209 Å². The van der Waals surface area contributed by atoms with Gasteiger partial charge < -0.3 is 23.7 Å². The molecule has 4 rings (SSSR count). The van der Waals surface area contributed by atoms with E-state index in [-0.39, 0.29) is 36.6 Å². The molecule has 2 heterocycles. The molecule has 2 aromatic carbocycles. The molecule has 2 aromatic rings. The molecule has 2 fully saturated rings. The van der Waals surface area contributed by atoms with Gasteiger partial charge in [0.2, 0.25) is 0 Å². The van der Waals surface area contributed by atoms with Crippen LogP contribution < -0.4 is 0 Å². The predicted molar refractivity (Wildman–Crippen MR) is 137 cm³/mol. The molecule has 188 valence electrons. The van der Waals surface area contributed by atoms with Crippen molar-refractivity contribution in [2.24, 2.45) is 0 Å². The van der Waals surface area contributed by atoms with Crippen molar-refractivity contribution in [3.63, 3.8) is 0 Å². The number of benzene rings is 2. The summed E-state index contributed by atoms with van der Waals surface area (Å²) in [5.74, 6) is 0.699. The van der Waals surface area contributed by atoms with Gasteiger partial charge in [0.15, 0.2) is 0 Å². The van der Waals surface area contributed by atoms with E-state index in [4.69, 9.17) is 23.7 Å². The molecule has 5 heteroatoms. The Morgan fingerprint density at radius 2 is 1.49 bits per heavy atom. The van der Waals surface area contributed by atoms with Crippen molar-refractivity contribution < 1.29 is 23.7 Å². The highest BCUT2D eigenvalue weighted by molar-refractivity contribution is 5.14. The van der Waals surface area contributed by atoms with Gasteiger partial charge in [-0.3, -0.25) is 0 Å². The van der Waals surface area contributed by atoms with Crippen molar-refractivity contribution in [3.05, 3.63) is 96.3 Å². The van der Waals surface area contributed by atoms with Crippen LogP contribution in [-0.4, -0.2) is 43.2 Å². The first-order valence-corrected chi connectivity index (χ1v) is 12.6. The Hall–Kier alpha value is -2.44.